The van der Waals surface area contributed by atoms with Gasteiger partial charge in [-0.15, -0.1) is 12.4 Å². The fourth-order valence-electron chi connectivity index (χ4n) is 0. The Bertz CT molecular complexity index is 15.5. The first-order chi connectivity index (χ1) is 1.73. The minimum atomic E-state index is -0.167. The summed E-state index contributed by atoms with van der Waals surface area (Å²) in [5.41, 5.74) is 0. The van der Waals surface area contributed by atoms with Crippen LogP contribution in [0.1, 0.15) is 13.8 Å². The molecule has 3 heteroatoms. The molecule has 1 N–H and O–H groups in total. The van der Waals surface area contributed by atoms with Gasteiger partial charge in [-0.1, -0.05) is 0 Å². The smallest absolute Gasteiger partial charge is 0.0483 e. The van der Waals surface area contributed by atoms with Crippen LogP contribution in [0, 0.1) is 0 Å². The minimum Gasteiger partial charge on any atom is -0.394 e. The molecule has 0 atom stereocenters. The van der Waals surface area contributed by atoms with Gasteiger partial charge >= 0.3 is 0 Å². The fourth-order valence-corrected chi connectivity index (χ4v) is 0. The van der Waals surface area contributed by atoms with E-state index in [0.29, 0.717) is 0 Å². The first-order valence-electron chi connectivity index (χ1n) is 1.41. The summed E-state index contributed by atoms with van der Waals surface area (Å²) in [6.07, 6.45) is -0.167. The van der Waals surface area contributed by atoms with Crippen LogP contribution in [-0.2, 0) is 17.1 Å². The van der Waals surface area contributed by atoms with E-state index < -0.39 is 0 Å². The van der Waals surface area contributed by atoms with Crippen LogP contribution >= 0.6 is 12.4 Å². The second-order valence-corrected chi connectivity index (χ2v) is 1.09. The third kappa shape index (κ3) is 114. The van der Waals surface area contributed by atoms with Crippen molar-refractivity contribution in [2.75, 3.05) is 0 Å². The Morgan fingerprint density at radius 1 is 1.33 bits per heavy atom. The van der Waals surface area contributed by atoms with Crippen LogP contribution in [0.2, 0.25) is 0 Å². The Kier molecular flexibility index (Phi) is 24.4. The van der Waals surface area contributed by atoms with Gasteiger partial charge < -0.3 is 5.11 Å². The second-order valence-electron chi connectivity index (χ2n) is 1.09. The number of hydrogen-bond acceptors (Lipinski definition) is 1. The monoisotopic (exact) mass is 151 g/mol. The average molecular weight is 151 g/mol. The van der Waals surface area contributed by atoms with Gasteiger partial charge in [-0.2, -0.15) is 0 Å². The summed E-state index contributed by atoms with van der Waals surface area (Å²) in [4.78, 5) is 0. The van der Waals surface area contributed by atoms with Crippen molar-refractivity contribution >= 4 is 12.4 Å². The third-order valence-electron chi connectivity index (χ3n) is 0. The Hall–Kier alpha value is 0.769. The van der Waals surface area contributed by atoms with Crippen molar-refractivity contribution in [2.24, 2.45) is 0 Å². The summed E-state index contributed by atoms with van der Waals surface area (Å²) >= 11 is 0. The van der Waals surface area contributed by atoms with E-state index in [1.807, 2.05) is 0 Å². The standard InChI is InChI=1S/C3H8O.ClH.Mn/c1-3(2)4;;/h3-4H,1-2H3;1H;. The van der Waals surface area contributed by atoms with Crippen molar-refractivity contribution in [1.82, 2.24) is 0 Å². The van der Waals surface area contributed by atoms with E-state index >= 15 is 0 Å². The third-order valence-corrected chi connectivity index (χ3v) is 0. The molecule has 0 aliphatic rings. The molecule has 0 heterocycles. The van der Waals surface area contributed by atoms with Crippen molar-refractivity contribution in [3.8, 4) is 0 Å². The fraction of sp³-hybridized carbons (Fsp3) is 1.00. The predicted molar refractivity (Wildman–Crippen MR) is 24.6 cm³/mol. The summed E-state index contributed by atoms with van der Waals surface area (Å²) in [6.45, 7) is 3.44. The molecule has 0 saturated carbocycles. The van der Waals surface area contributed by atoms with E-state index in [2.05, 4.69) is 0 Å². The SMILES string of the molecule is CC(C)O.Cl.[Mn]. The summed E-state index contributed by atoms with van der Waals surface area (Å²) in [6, 6.07) is 0. The van der Waals surface area contributed by atoms with Crippen molar-refractivity contribution in [3.63, 3.8) is 0 Å². The minimum absolute atomic E-state index is 0. The van der Waals surface area contributed by atoms with Crippen LogP contribution in [-0.4, -0.2) is 11.2 Å². The van der Waals surface area contributed by atoms with E-state index in [1.54, 1.807) is 13.8 Å². The molecule has 0 fully saturated rings. The van der Waals surface area contributed by atoms with Gasteiger partial charge in [0.25, 0.3) is 0 Å². The van der Waals surface area contributed by atoms with Crippen LogP contribution in [0.4, 0.5) is 0 Å². The Morgan fingerprint density at radius 3 is 1.33 bits per heavy atom. The number of aliphatic hydroxyl groups excluding tert-OH is 1. The molecule has 1 nitrogen and oxygen atoms in total. The van der Waals surface area contributed by atoms with E-state index in [1.165, 1.54) is 0 Å². The van der Waals surface area contributed by atoms with Gasteiger partial charge in [0.15, 0.2) is 0 Å². The van der Waals surface area contributed by atoms with Crippen molar-refractivity contribution in [1.29, 1.82) is 0 Å². The van der Waals surface area contributed by atoms with Crippen LogP contribution in [0.5, 0.6) is 0 Å². The molecule has 1 radical (unpaired) electrons. The first kappa shape index (κ1) is 15.9. The zero-order valence-corrected chi connectivity index (χ0v) is 5.81. The molecule has 0 spiro atoms. The quantitative estimate of drug-likeness (QED) is 0.508. The van der Waals surface area contributed by atoms with Crippen LogP contribution < -0.4 is 0 Å². The largest absolute Gasteiger partial charge is 0.394 e. The predicted octanol–water partition coefficient (Wildman–Crippen LogP) is 0.806. The molecular weight excluding hydrogens is 142 g/mol. The summed E-state index contributed by atoms with van der Waals surface area (Å²) in [5.74, 6) is 0. The normalized spacial score (nSPS) is 6.00. The molecule has 6 heavy (non-hydrogen) atoms. The summed E-state index contributed by atoms with van der Waals surface area (Å²) in [7, 11) is 0. The Morgan fingerprint density at radius 2 is 1.33 bits per heavy atom. The molecule has 0 aliphatic heterocycles. The van der Waals surface area contributed by atoms with Crippen molar-refractivity contribution < 1.29 is 22.2 Å². The van der Waals surface area contributed by atoms with Gasteiger partial charge in [-0.25, -0.2) is 0 Å². The van der Waals surface area contributed by atoms with Gasteiger partial charge in [-0.3, -0.25) is 0 Å². The summed E-state index contributed by atoms with van der Waals surface area (Å²) in [5, 5.41) is 8.06. The average Bonchev–Trinajstić information content (AvgIpc) is 0.811. The zero-order chi connectivity index (χ0) is 3.58. The number of aliphatic hydroxyl groups is 1. The Balaban J connectivity index is -0.0000000450. The maximum absolute atomic E-state index is 8.06. The van der Waals surface area contributed by atoms with Gasteiger partial charge in [0.1, 0.15) is 0 Å². The van der Waals surface area contributed by atoms with E-state index in [9.17, 15) is 0 Å². The van der Waals surface area contributed by atoms with Gasteiger partial charge in [0.05, 0.1) is 0 Å². The van der Waals surface area contributed by atoms with Crippen LogP contribution in [0.15, 0.2) is 0 Å². The molecular formula is C3H9ClMnO. The van der Waals surface area contributed by atoms with Crippen LogP contribution in [0.25, 0.3) is 0 Å². The maximum Gasteiger partial charge on any atom is 0.0483 e. The molecule has 41 valence electrons. The number of halogens is 1. The number of rotatable bonds is 0. The molecule has 0 amide bonds. The molecule has 0 rings (SSSR count). The molecule has 0 unspecified atom stereocenters. The summed E-state index contributed by atoms with van der Waals surface area (Å²) < 4.78 is 0. The maximum atomic E-state index is 8.06. The number of hydrogen-bond donors (Lipinski definition) is 1. The first-order valence-corrected chi connectivity index (χ1v) is 1.41. The van der Waals surface area contributed by atoms with E-state index in [-0.39, 0.29) is 35.6 Å². The molecule has 0 aromatic rings. The van der Waals surface area contributed by atoms with Crippen LogP contribution in [0.3, 0.4) is 0 Å². The second kappa shape index (κ2) is 9.24. The van der Waals surface area contributed by atoms with Gasteiger partial charge in [0.2, 0.25) is 0 Å². The van der Waals surface area contributed by atoms with E-state index in [4.69, 9.17) is 5.11 Å². The molecule has 0 aliphatic carbocycles. The Labute approximate surface area is 55.0 Å². The van der Waals surface area contributed by atoms with Gasteiger partial charge in [-0.05, 0) is 13.8 Å². The van der Waals surface area contributed by atoms with Crippen molar-refractivity contribution in [3.05, 3.63) is 0 Å². The molecule has 0 aromatic carbocycles. The molecule has 0 aromatic heterocycles. The van der Waals surface area contributed by atoms with Gasteiger partial charge in [0, 0.05) is 23.2 Å². The topological polar surface area (TPSA) is 20.2 Å². The molecule has 0 bridgehead atoms. The van der Waals surface area contributed by atoms with Crippen molar-refractivity contribution in [2.45, 2.75) is 20.0 Å². The zero-order valence-electron chi connectivity index (χ0n) is 3.81. The molecule has 0 saturated heterocycles. The van der Waals surface area contributed by atoms with E-state index in [0.717, 1.165) is 0 Å².